The zero-order chi connectivity index (χ0) is 7.07. The topological polar surface area (TPSA) is 0 Å². The van der Waals surface area contributed by atoms with Crippen molar-refractivity contribution in [3.05, 3.63) is 36.5 Å². The Morgan fingerprint density at radius 1 is 0.600 bits per heavy atom. The molecule has 0 heteroatoms. The monoisotopic (exact) mass is 134 g/mol. The SMILES string of the molecule is C1=C/C=C\CCCCC=C1. The molecule has 1 aliphatic carbocycles. The van der Waals surface area contributed by atoms with Gasteiger partial charge >= 0.3 is 0 Å². The van der Waals surface area contributed by atoms with E-state index in [2.05, 4.69) is 36.5 Å². The quantitative estimate of drug-likeness (QED) is 0.477. The molecule has 0 aliphatic heterocycles. The zero-order valence-electron chi connectivity index (χ0n) is 6.29. The Morgan fingerprint density at radius 3 is 1.60 bits per heavy atom. The van der Waals surface area contributed by atoms with Crippen molar-refractivity contribution in [3.63, 3.8) is 0 Å². The standard InChI is InChI=1S/C10H14/c1-2-4-6-8-10-9-7-5-3-1/h1-6H,7-10H2/b2-1?,5-3-,6-4?. The Hall–Kier alpha value is -0.780. The highest BCUT2D eigenvalue weighted by atomic mass is 13.9. The Morgan fingerprint density at radius 2 is 1.10 bits per heavy atom. The van der Waals surface area contributed by atoms with E-state index in [4.69, 9.17) is 0 Å². The fourth-order valence-electron chi connectivity index (χ4n) is 1.00. The molecule has 0 bridgehead atoms. The van der Waals surface area contributed by atoms with Gasteiger partial charge in [-0.15, -0.1) is 0 Å². The number of rotatable bonds is 0. The Balaban J connectivity index is 2.40. The number of allylic oxidation sites excluding steroid dienone is 6. The minimum atomic E-state index is 1.23. The molecule has 0 aromatic heterocycles. The number of hydrogen-bond donors (Lipinski definition) is 0. The molecule has 0 saturated carbocycles. The largest absolute Gasteiger partial charge is 0.0845 e. The Kier molecular flexibility index (Phi) is 3.69. The van der Waals surface area contributed by atoms with Gasteiger partial charge in [0.2, 0.25) is 0 Å². The smallest absolute Gasteiger partial charge is 0.0347 e. The van der Waals surface area contributed by atoms with Gasteiger partial charge in [0.15, 0.2) is 0 Å². The average Bonchev–Trinajstić information content (AvgIpc) is 2.01. The molecule has 1 rings (SSSR count). The highest BCUT2D eigenvalue weighted by Crippen LogP contribution is 2.03. The van der Waals surface area contributed by atoms with Gasteiger partial charge in [-0.2, -0.15) is 0 Å². The predicted octanol–water partition coefficient (Wildman–Crippen LogP) is 3.23. The minimum Gasteiger partial charge on any atom is -0.0845 e. The molecule has 0 nitrogen and oxygen atoms in total. The summed E-state index contributed by atoms with van der Waals surface area (Å²) in [5.41, 5.74) is 0. The van der Waals surface area contributed by atoms with Crippen molar-refractivity contribution in [2.45, 2.75) is 25.7 Å². The molecule has 0 heterocycles. The maximum absolute atomic E-state index is 2.23. The molecular formula is C10H14. The zero-order valence-corrected chi connectivity index (χ0v) is 6.29. The summed E-state index contributed by atoms with van der Waals surface area (Å²) < 4.78 is 0. The summed E-state index contributed by atoms with van der Waals surface area (Å²) >= 11 is 0. The van der Waals surface area contributed by atoms with E-state index < -0.39 is 0 Å². The molecular weight excluding hydrogens is 120 g/mol. The molecule has 0 N–H and O–H groups in total. The molecule has 0 atom stereocenters. The second kappa shape index (κ2) is 5.04. The van der Waals surface area contributed by atoms with Crippen molar-refractivity contribution in [2.75, 3.05) is 0 Å². The molecule has 0 spiro atoms. The first-order valence-corrected chi connectivity index (χ1v) is 3.98. The van der Waals surface area contributed by atoms with E-state index in [1.165, 1.54) is 25.7 Å². The van der Waals surface area contributed by atoms with Crippen LogP contribution in [0.25, 0.3) is 0 Å². The van der Waals surface area contributed by atoms with E-state index >= 15 is 0 Å². The lowest BCUT2D eigenvalue weighted by atomic mass is 10.1. The van der Waals surface area contributed by atoms with Crippen LogP contribution in [0.4, 0.5) is 0 Å². The van der Waals surface area contributed by atoms with Crippen LogP contribution in [0.2, 0.25) is 0 Å². The summed E-state index contributed by atoms with van der Waals surface area (Å²) in [7, 11) is 0. The summed E-state index contributed by atoms with van der Waals surface area (Å²) in [5.74, 6) is 0. The van der Waals surface area contributed by atoms with Gasteiger partial charge in [0.1, 0.15) is 0 Å². The van der Waals surface area contributed by atoms with Gasteiger partial charge in [-0.25, -0.2) is 0 Å². The van der Waals surface area contributed by atoms with Crippen molar-refractivity contribution in [1.82, 2.24) is 0 Å². The van der Waals surface area contributed by atoms with Gasteiger partial charge in [-0.1, -0.05) is 36.5 Å². The van der Waals surface area contributed by atoms with Crippen LogP contribution < -0.4 is 0 Å². The summed E-state index contributed by atoms with van der Waals surface area (Å²) in [6.07, 6.45) is 18.0. The van der Waals surface area contributed by atoms with E-state index in [1.54, 1.807) is 0 Å². The Bertz CT molecular complexity index is 131. The van der Waals surface area contributed by atoms with E-state index in [0.29, 0.717) is 0 Å². The van der Waals surface area contributed by atoms with Gasteiger partial charge in [-0.05, 0) is 25.7 Å². The molecule has 0 radical (unpaired) electrons. The summed E-state index contributed by atoms with van der Waals surface area (Å²) in [5, 5.41) is 0. The molecule has 54 valence electrons. The van der Waals surface area contributed by atoms with Crippen LogP contribution in [0.3, 0.4) is 0 Å². The third kappa shape index (κ3) is 3.29. The first-order chi connectivity index (χ1) is 5.00. The van der Waals surface area contributed by atoms with E-state index in [1.807, 2.05) is 0 Å². The highest BCUT2D eigenvalue weighted by molar-refractivity contribution is 5.11. The average molecular weight is 134 g/mol. The lowest BCUT2D eigenvalue weighted by Crippen LogP contribution is -1.72. The van der Waals surface area contributed by atoms with Crippen LogP contribution in [0.1, 0.15) is 25.7 Å². The van der Waals surface area contributed by atoms with Crippen LogP contribution in [0, 0.1) is 0 Å². The van der Waals surface area contributed by atoms with Crippen molar-refractivity contribution in [2.24, 2.45) is 0 Å². The fourth-order valence-corrected chi connectivity index (χ4v) is 1.00. The van der Waals surface area contributed by atoms with Crippen molar-refractivity contribution in [3.8, 4) is 0 Å². The van der Waals surface area contributed by atoms with Gasteiger partial charge in [0.25, 0.3) is 0 Å². The van der Waals surface area contributed by atoms with Gasteiger partial charge in [0.05, 0.1) is 0 Å². The summed E-state index contributed by atoms with van der Waals surface area (Å²) in [6, 6.07) is 0. The first-order valence-electron chi connectivity index (χ1n) is 3.98. The van der Waals surface area contributed by atoms with Gasteiger partial charge in [-0.3, -0.25) is 0 Å². The van der Waals surface area contributed by atoms with Crippen molar-refractivity contribution in [1.29, 1.82) is 0 Å². The van der Waals surface area contributed by atoms with Crippen LogP contribution in [-0.4, -0.2) is 0 Å². The second-order valence-electron chi connectivity index (χ2n) is 2.53. The maximum atomic E-state index is 2.23. The summed E-state index contributed by atoms with van der Waals surface area (Å²) in [4.78, 5) is 0. The van der Waals surface area contributed by atoms with E-state index in [9.17, 15) is 0 Å². The molecule has 10 heavy (non-hydrogen) atoms. The van der Waals surface area contributed by atoms with E-state index in [0.717, 1.165) is 0 Å². The first kappa shape index (κ1) is 7.33. The molecule has 0 fully saturated rings. The highest BCUT2D eigenvalue weighted by Gasteiger charge is 1.83. The molecule has 0 amide bonds. The van der Waals surface area contributed by atoms with Crippen LogP contribution >= 0.6 is 0 Å². The van der Waals surface area contributed by atoms with Crippen molar-refractivity contribution >= 4 is 0 Å². The molecule has 0 aromatic carbocycles. The lowest BCUT2D eigenvalue weighted by Gasteiger charge is -1.92. The predicted molar refractivity (Wildman–Crippen MR) is 45.9 cm³/mol. The molecule has 0 aromatic rings. The molecule has 0 saturated heterocycles. The fraction of sp³-hybridized carbons (Fsp3) is 0.400. The second-order valence-corrected chi connectivity index (χ2v) is 2.53. The molecule has 1 aliphatic rings. The van der Waals surface area contributed by atoms with Gasteiger partial charge < -0.3 is 0 Å². The van der Waals surface area contributed by atoms with Crippen molar-refractivity contribution < 1.29 is 0 Å². The number of hydrogen-bond acceptors (Lipinski definition) is 0. The lowest BCUT2D eigenvalue weighted by molar-refractivity contribution is 0.762. The molecule has 0 unspecified atom stereocenters. The van der Waals surface area contributed by atoms with E-state index in [-0.39, 0.29) is 0 Å². The normalized spacial score (nSPS) is 22.4. The van der Waals surface area contributed by atoms with Crippen LogP contribution in [-0.2, 0) is 0 Å². The third-order valence-electron chi connectivity index (χ3n) is 1.60. The maximum Gasteiger partial charge on any atom is -0.0347 e. The van der Waals surface area contributed by atoms with Crippen LogP contribution in [0.5, 0.6) is 0 Å². The Labute approximate surface area is 62.9 Å². The minimum absolute atomic E-state index is 1.23. The van der Waals surface area contributed by atoms with Gasteiger partial charge in [0, 0.05) is 0 Å². The summed E-state index contributed by atoms with van der Waals surface area (Å²) in [6.45, 7) is 0. The third-order valence-corrected chi connectivity index (χ3v) is 1.60. The van der Waals surface area contributed by atoms with Crippen LogP contribution in [0.15, 0.2) is 36.5 Å².